The minimum atomic E-state index is -0.513. The summed E-state index contributed by atoms with van der Waals surface area (Å²) >= 11 is 1.41. The van der Waals surface area contributed by atoms with Gasteiger partial charge in [0.2, 0.25) is 11.8 Å². The van der Waals surface area contributed by atoms with E-state index >= 15 is 0 Å². The van der Waals surface area contributed by atoms with Crippen LogP contribution in [0.2, 0.25) is 0 Å². The molecule has 0 aliphatic carbocycles. The number of rotatable bonds is 5. The molecule has 0 bridgehead atoms. The Labute approximate surface area is 157 Å². The van der Waals surface area contributed by atoms with Crippen LogP contribution in [0, 0.1) is 5.82 Å². The zero-order valence-corrected chi connectivity index (χ0v) is 15.4. The number of hydrogen-bond acceptors (Lipinski definition) is 4. The molecular formula is C17H23ClFN3O2S. The van der Waals surface area contributed by atoms with E-state index in [-0.39, 0.29) is 35.3 Å². The van der Waals surface area contributed by atoms with E-state index in [4.69, 9.17) is 0 Å². The topological polar surface area (TPSA) is 70.2 Å². The van der Waals surface area contributed by atoms with E-state index in [9.17, 15) is 14.0 Å². The third kappa shape index (κ3) is 5.33. The van der Waals surface area contributed by atoms with Gasteiger partial charge < -0.3 is 16.0 Å². The fourth-order valence-electron chi connectivity index (χ4n) is 3.03. The molecule has 2 aliphatic rings. The number of halogens is 2. The van der Waals surface area contributed by atoms with Crippen LogP contribution in [0.1, 0.15) is 18.4 Å². The van der Waals surface area contributed by atoms with Gasteiger partial charge in [-0.05, 0) is 37.4 Å². The zero-order chi connectivity index (χ0) is 16.9. The molecule has 5 nitrogen and oxygen atoms in total. The van der Waals surface area contributed by atoms with E-state index in [0.29, 0.717) is 30.3 Å². The Balaban J connectivity index is 0.00000225. The van der Waals surface area contributed by atoms with Crippen LogP contribution in [0.3, 0.4) is 0 Å². The van der Waals surface area contributed by atoms with Gasteiger partial charge in [-0.25, -0.2) is 4.39 Å². The lowest BCUT2D eigenvalue weighted by Gasteiger charge is -2.28. The van der Waals surface area contributed by atoms with E-state index in [1.807, 2.05) is 0 Å². The average molecular weight is 388 g/mol. The van der Waals surface area contributed by atoms with E-state index in [0.717, 1.165) is 19.4 Å². The Morgan fingerprint density at radius 2 is 2.16 bits per heavy atom. The summed E-state index contributed by atoms with van der Waals surface area (Å²) in [6.45, 7) is 1.59. The van der Waals surface area contributed by atoms with Gasteiger partial charge in [-0.2, -0.15) is 0 Å². The maximum absolute atomic E-state index is 13.7. The van der Waals surface area contributed by atoms with Crippen molar-refractivity contribution in [3.05, 3.63) is 35.6 Å². The average Bonchev–Trinajstić information content (AvgIpc) is 3.10. The first kappa shape index (κ1) is 20.0. The van der Waals surface area contributed by atoms with Crippen LogP contribution in [0.4, 0.5) is 4.39 Å². The van der Waals surface area contributed by atoms with Crippen molar-refractivity contribution in [1.82, 2.24) is 16.0 Å². The molecule has 25 heavy (non-hydrogen) atoms. The van der Waals surface area contributed by atoms with Gasteiger partial charge in [-0.15, -0.1) is 24.2 Å². The molecule has 2 aliphatic heterocycles. The van der Waals surface area contributed by atoms with E-state index < -0.39 is 6.04 Å². The zero-order valence-electron chi connectivity index (χ0n) is 13.8. The highest BCUT2D eigenvalue weighted by Crippen LogP contribution is 2.23. The molecular weight excluding hydrogens is 365 g/mol. The predicted octanol–water partition coefficient (Wildman–Crippen LogP) is 1.26. The van der Waals surface area contributed by atoms with Crippen LogP contribution in [0.5, 0.6) is 0 Å². The largest absolute Gasteiger partial charge is 0.353 e. The van der Waals surface area contributed by atoms with Crippen molar-refractivity contribution >= 4 is 36.0 Å². The van der Waals surface area contributed by atoms with Crippen molar-refractivity contribution in [2.24, 2.45) is 0 Å². The highest BCUT2D eigenvalue weighted by atomic mass is 35.5. The predicted molar refractivity (Wildman–Crippen MR) is 99.6 cm³/mol. The minimum absolute atomic E-state index is 0. The molecule has 3 N–H and O–H groups in total. The maximum atomic E-state index is 13.7. The molecule has 3 unspecified atom stereocenters. The highest BCUT2D eigenvalue weighted by Gasteiger charge is 2.33. The van der Waals surface area contributed by atoms with Crippen molar-refractivity contribution < 1.29 is 14.0 Å². The summed E-state index contributed by atoms with van der Waals surface area (Å²) in [5, 5.41) is 8.63. The van der Waals surface area contributed by atoms with Gasteiger partial charge in [-0.3, -0.25) is 9.59 Å². The normalized spacial score (nSPS) is 25.8. The summed E-state index contributed by atoms with van der Waals surface area (Å²) in [5.74, 6) is -0.133. The Kier molecular flexibility index (Phi) is 7.53. The van der Waals surface area contributed by atoms with Crippen LogP contribution in [0.15, 0.2) is 24.3 Å². The summed E-state index contributed by atoms with van der Waals surface area (Å²) in [7, 11) is 0. The molecule has 1 aromatic rings. The Hall–Kier alpha value is -1.31. The first-order valence-corrected chi connectivity index (χ1v) is 9.35. The van der Waals surface area contributed by atoms with Gasteiger partial charge in [0.15, 0.2) is 0 Å². The summed E-state index contributed by atoms with van der Waals surface area (Å²) in [6, 6.07) is 6.30. The smallest absolute Gasteiger partial charge is 0.243 e. The molecule has 2 saturated heterocycles. The third-order valence-electron chi connectivity index (χ3n) is 4.44. The fourth-order valence-corrected chi connectivity index (χ4v) is 4.21. The van der Waals surface area contributed by atoms with Crippen LogP contribution < -0.4 is 16.0 Å². The maximum Gasteiger partial charge on any atom is 0.243 e. The van der Waals surface area contributed by atoms with Crippen LogP contribution in [0.25, 0.3) is 0 Å². The van der Waals surface area contributed by atoms with Crippen LogP contribution >= 0.6 is 24.2 Å². The molecule has 3 rings (SSSR count). The number of carbonyl (C=O) groups is 2. The number of amides is 2. The third-order valence-corrected chi connectivity index (χ3v) is 5.75. The molecule has 3 atom stereocenters. The number of hydrogen-bond donors (Lipinski definition) is 3. The lowest BCUT2D eigenvalue weighted by molar-refractivity contribution is -0.128. The second-order valence-electron chi connectivity index (χ2n) is 6.22. The highest BCUT2D eigenvalue weighted by molar-refractivity contribution is 8.00. The summed E-state index contributed by atoms with van der Waals surface area (Å²) in [4.78, 5) is 24.4. The first-order valence-electron chi connectivity index (χ1n) is 8.30. The summed E-state index contributed by atoms with van der Waals surface area (Å²) in [6.07, 6.45) is 2.54. The first-order chi connectivity index (χ1) is 11.6. The molecule has 0 saturated carbocycles. The van der Waals surface area contributed by atoms with Crippen molar-refractivity contribution in [1.29, 1.82) is 0 Å². The molecule has 8 heteroatoms. The fraction of sp³-hybridized carbons (Fsp3) is 0.529. The Bertz CT molecular complexity index is 613. The van der Waals surface area contributed by atoms with E-state index in [1.165, 1.54) is 17.8 Å². The van der Waals surface area contributed by atoms with Crippen LogP contribution in [-0.4, -0.2) is 48.0 Å². The number of nitrogens with one attached hydrogen (secondary N) is 3. The van der Waals surface area contributed by atoms with Crippen molar-refractivity contribution in [3.8, 4) is 0 Å². The van der Waals surface area contributed by atoms with E-state index in [1.54, 1.807) is 18.2 Å². The summed E-state index contributed by atoms with van der Waals surface area (Å²) < 4.78 is 13.7. The SMILES string of the molecule is Cl.O=C(NCC1CCCN1)C1CSC(Cc2ccccc2F)C(=O)N1. The van der Waals surface area contributed by atoms with Gasteiger partial charge >= 0.3 is 0 Å². The second-order valence-corrected chi connectivity index (χ2v) is 7.45. The number of thioether (sulfide) groups is 1. The van der Waals surface area contributed by atoms with Gasteiger partial charge in [-0.1, -0.05) is 18.2 Å². The van der Waals surface area contributed by atoms with Crippen molar-refractivity contribution in [2.45, 2.75) is 36.6 Å². The quantitative estimate of drug-likeness (QED) is 0.711. The number of benzene rings is 1. The molecule has 2 heterocycles. The standard InChI is InChI=1S/C17H22FN3O2S.ClH/c18-13-6-2-1-4-11(13)8-15-17(23)21-14(10-24-15)16(22)20-9-12-5-3-7-19-12;/h1-2,4,6,12,14-15,19H,3,5,7-10H2,(H,20,22)(H,21,23);1H. The summed E-state index contributed by atoms with van der Waals surface area (Å²) in [5.41, 5.74) is 0.528. The van der Waals surface area contributed by atoms with Crippen LogP contribution in [-0.2, 0) is 16.0 Å². The van der Waals surface area contributed by atoms with Gasteiger partial charge in [0.1, 0.15) is 11.9 Å². The minimum Gasteiger partial charge on any atom is -0.353 e. The molecule has 2 amide bonds. The lowest BCUT2D eigenvalue weighted by Crippen LogP contribution is -2.55. The Morgan fingerprint density at radius 3 is 2.84 bits per heavy atom. The molecule has 2 fully saturated rings. The second kappa shape index (κ2) is 9.40. The van der Waals surface area contributed by atoms with Gasteiger partial charge in [0.05, 0.1) is 5.25 Å². The van der Waals surface area contributed by atoms with Gasteiger partial charge in [0.25, 0.3) is 0 Å². The monoisotopic (exact) mass is 387 g/mol. The van der Waals surface area contributed by atoms with Crippen molar-refractivity contribution in [3.63, 3.8) is 0 Å². The number of carbonyl (C=O) groups excluding carboxylic acids is 2. The van der Waals surface area contributed by atoms with Gasteiger partial charge in [0, 0.05) is 18.3 Å². The Morgan fingerprint density at radius 1 is 1.36 bits per heavy atom. The molecule has 0 aromatic heterocycles. The van der Waals surface area contributed by atoms with E-state index in [2.05, 4.69) is 16.0 Å². The lowest BCUT2D eigenvalue weighted by atomic mass is 10.1. The van der Waals surface area contributed by atoms with Crippen molar-refractivity contribution in [2.75, 3.05) is 18.8 Å². The molecule has 0 spiro atoms. The molecule has 0 radical (unpaired) electrons. The molecule has 1 aromatic carbocycles. The molecule has 138 valence electrons.